The quantitative estimate of drug-likeness (QED) is 0.551. The highest BCUT2D eigenvalue weighted by Crippen LogP contribution is 2.23. The Balaban J connectivity index is 4.10. The van der Waals surface area contributed by atoms with E-state index in [9.17, 15) is 10.2 Å². The lowest BCUT2D eigenvalue weighted by Crippen LogP contribution is -2.38. The summed E-state index contributed by atoms with van der Waals surface area (Å²) in [5, 5.41) is 27.3. The van der Waals surface area contributed by atoms with Gasteiger partial charge in [0.25, 0.3) is 0 Å². The standard InChI is InChI=1S/C8H18O3/c1-6(10)7(4-5-9)8(2,3)11/h6-7,9-11H,4-5H2,1-3H3/t6-,7-/m0/s1. The zero-order valence-electron chi connectivity index (χ0n) is 7.41. The van der Waals surface area contributed by atoms with E-state index >= 15 is 0 Å². The Labute approximate surface area is 67.7 Å². The molecule has 0 saturated heterocycles. The second kappa shape index (κ2) is 4.04. The molecule has 0 aromatic rings. The van der Waals surface area contributed by atoms with Crippen LogP contribution in [-0.2, 0) is 0 Å². The SMILES string of the molecule is C[C@H](O)[C@H](CCO)C(C)(C)O. The largest absolute Gasteiger partial charge is 0.396 e. The highest BCUT2D eigenvalue weighted by atomic mass is 16.3. The molecule has 0 spiro atoms. The van der Waals surface area contributed by atoms with Crippen molar-refractivity contribution in [3.8, 4) is 0 Å². The molecule has 0 bridgehead atoms. The first-order valence-electron chi connectivity index (χ1n) is 3.91. The van der Waals surface area contributed by atoms with E-state index in [1.807, 2.05) is 0 Å². The van der Waals surface area contributed by atoms with Gasteiger partial charge in [0, 0.05) is 12.5 Å². The van der Waals surface area contributed by atoms with Gasteiger partial charge in [-0.2, -0.15) is 0 Å². The fourth-order valence-corrected chi connectivity index (χ4v) is 1.32. The first-order valence-corrected chi connectivity index (χ1v) is 3.91. The van der Waals surface area contributed by atoms with Crippen LogP contribution in [0.4, 0.5) is 0 Å². The van der Waals surface area contributed by atoms with Gasteiger partial charge in [0.2, 0.25) is 0 Å². The summed E-state index contributed by atoms with van der Waals surface area (Å²) in [5.41, 5.74) is -0.920. The maximum atomic E-state index is 9.51. The van der Waals surface area contributed by atoms with Gasteiger partial charge in [-0.25, -0.2) is 0 Å². The molecule has 0 unspecified atom stereocenters. The van der Waals surface area contributed by atoms with Gasteiger partial charge in [-0.3, -0.25) is 0 Å². The van der Waals surface area contributed by atoms with Crippen LogP contribution in [0.1, 0.15) is 27.2 Å². The van der Waals surface area contributed by atoms with Crippen LogP contribution < -0.4 is 0 Å². The van der Waals surface area contributed by atoms with Gasteiger partial charge < -0.3 is 15.3 Å². The molecule has 0 fully saturated rings. The molecule has 0 aliphatic rings. The molecule has 0 saturated carbocycles. The lowest BCUT2D eigenvalue weighted by Gasteiger charge is -2.31. The zero-order valence-corrected chi connectivity index (χ0v) is 7.41. The molecule has 0 aromatic carbocycles. The summed E-state index contributed by atoms with van der Waals surface area (Å²) in [4.78, 5) is 0. The van der Waals surface area contributed by atoms with E-state index in [1.54, 1.807) is 20.8 Å². The summed E-state index contributed by atoms with van der Waals surface area (Å²) in [6.45, 7) is 4.90. The molecule has 2 atom stereocenters. The number of aliphatic hydroxyl groups excluding tert-OH is 2. The van der Waals surface area contributed by atoms with E-state index in [-0.39, 0.29) is 12.5 Å². The zero-order chi connectivity index (χ0) is 9.07. The topological polar surface area (TPSA) is 60.7 Å². The van der Waals surface area contributed by atoms with Crippen LogP contribution in [0.2, 0.25) is 0 Å². The molecule has 3 heteroatoms. The second-order valence-corrected chi connectivity index (χ2v) is 3.51. The second-order valence-electron chi connectivity index (χ2n) is 3.51. The van der Waals surface area contributed by atoms with Crippen molar-refractivity contribution in [2.24, 2.45) is 5.92 Å². The van der Waals surface area contributed by atoms with Gasteiger partial charge in [-0.05, 0) is 27.2 Å². The summed E-state index contributed by atoms with van der Waals surface area (Å²) in [6, 6.07) is 0. The molecule has 0 aliphatic heterocycles. The Morgan fingerprint density at radius 1 is 1.36 bits per heavy atom. The molecule has 0 radical (unpaired) electrons. The molecule has 0 rings (SSSR count). The van der Waals surface area contributed by atoms with Gasteiger partial charge in [0.1, 0.15) is 0 Å². The van der Waals surface area contributed by atoms with Crippen molar-refractivity contribution >= 4 is 0 Å². The number of hydrogen-bond donors (Lipinski definition) is 3. The molecule has 0 aromatic heterocycles. The number of hydrogen-bond acceptors (Lipinski definition) is 3. The minimum atomic E-state index is -0.920. The number of aliphatic hydroxyl groups is 3. The van der Waals surface area contributed by atoms with Crippen LogP contribution in [0.25, 0.3) is 0 Å². The van der Waals surface area contributed by atoms with E-state index in [4.69, 9.17) is 5.11 Å². The predicted molar refractivity (Wildman–Crippen MR) is 43.2 cm³/mol. The lowest BCUT2D eigenvalue weighted by atomic mass is 9.84. The molecule has 0 aliphatic carbocycles. The van der Waals surface area contributed by atoms with Crippen LogP contribution in [0, 0.1) is 5.92 Å². The van der Waals surface area contributed by atoms with Gasteiger partial charge in [0.05, 0.1) is 11.7 Å². The Hall–Kier alpha value is -0.120. The van der Waals surface area contributed by atoms with Crippen LogP contribution in [0.15, 0.2) is 0 Å². The van der Waals surface area contributed by atoms with Crippen molar-refractivity contribution in [1.82, 2.24) is 0 Å². The van der Waals surface area contributed by atoms with Gasteiger partial charge in [-0.15, -0.1) is 0 Å². The first kappa shape index (κ1) is 10.9. The summed E-state index contributed by atoms with van der Waals surface area (Å²) < 4.78 is 0. The summed E-state index contributed by atoms with van der Waals surface area (Å²) in [6.07, 6.45) is -0.150. The van der Waals surface area contributed by atoms with E-state index in [0.29, 0.717) is 6.42 Å². The predicted octanol–water partition coefficient (Wildman–Crippen LogP) is 0.137. The van der Waals surface area contributed by atoms with Gasteiger partial charge in [0.15, 0.2) is 0 Å². The minimum Gasteiger partial charge on any atom is -0.396 e. The highest BCUT2D eigenvalue weighted by Gasteiger charge is 2.29. The number of rotatable bonds is 4. The van der Waals surface area contributed by atoms with Gasteiger partial charge in [-0.1, -0.05) is 0 Å². The van der Waals surface area contributed by atoms with Crippen molar-refractivity contribution < 1.29 is 15.3 Å². The fourth-order valence-electron chi connectivity index (χ4n) is 1.32. The smallest absolute Gasteiger partial charge is 0.0645 e. The Morgan fingerprint density at radius 2 is 1.82 bits per heavy atom. The van der Waals surface area contributed by atoms with Crippen LogP contribution in [0.5, 0.6) is 0 Å². The first-order chi connectivity index (χ1) is 4.89. The third-order valence-corrected chi connectivity index (χ3v) is 1.93. The molecule has 0 heterocycles. The van der Waals surface area contributed by atoms with Crippen molar-refractivity contribution in [1.29, 1.82) is 0 Å². The van der Waals surface area contributed by atoms with Crippen molar-refractivity contribution in [2.75, 3.05) is 6.61 Å². The Kier molecular flexibility index (Phi) is 4.00. The van der Waals surface area contributed by atoms with E-state index < -0.39 is 11.7 Å². The Morgan fingerprint density at radius 3 is 1.91 bits per heavy atom. The van der Waals surface area contributed by atoms with Crippen molar-refractivity contribution in [2.45, 2.75) is 38.9 Å². The van der Waals surface area contributed by atoms with Crippen LogP contribution >= 0.6 is 0 Å². The van der Waals surface area contributed by atoms with Crippen LogP contribution in [0.3, 0.4) is 0 Å². The monoisotopic (exact) mass is 162 g/mol. The average Bonchev–Trinajstić information content (AvgIpc) is 1.79. The highest BCUT2D eigenvalue weighted by molar-refractivity contribution is 4.80. The molecule has 0 amide bonds. The molecule has 3 N–H and O–H groups in total. The van der Waals surface area contributed by atoms with E-state index in [1.165, 1.54) is 0 Å². The maximum absolute atomic E-state index is 9.51. The normalized spacial score (nSPS) is 18.0. The third kappa shape index (κ3) is 3.70. The minimum absolute atomic E-state index is 0.000440. The third-order valence-electron chi connectivity index (χ3n) is 1.93. The summed E-state index contributed by atoms with van der Waals surface area (Å²) in [7, 11) is 0. The van der Waals surface area contributed by atoms with Crippen molar-refractivity contribution in [3.63, 3.8) is 0 Å². The maximum Gasteiger partial charge on any atom is 0.0645 e. The van der Waals surface area contributed by atoms with Gasteiger partial charge >= 0.3 is 0 Å². The average molecular weight is 162 g/mol. The Bertz CT molecular complexity index is 104. The summed E-state index contributed by atoms with van der Waals surface area (Å²) >= 11 is 0. The van der Waals surface area contributed by atoms with E-state index in [0.717, 1.165) is 0 Å². The molecular formula is C8H18O3. The summed E-state index contributed by atoms with van der Waals surface area (Å²) in [5.74, 6) is -0.257. The fraction of sp³-hybridized carbons (Fsp3) is 1.00. The van der Waals surface area contributed by atoms with E-state index in [2.05, 4.69) is 0 Å². The van der Waals surface area contributed by atoms with Crippen molar-refractivity contribution in [3.05, 3.63) is 0 Å². The molecule has 68 valence electrons. The lowest BCUT2D eigenvalue weighted by molar-refractivity contribution is -0.0493. The molecular weight excluding hydrogens is 144 g/mol. The van der Waals surface area contributed by atoms with Crippen LogP contribution in [-0.4, -0.2) is 33.6 Å². The molecule has 11 heavy (non-hydrogen) atoms. The molecule has 3 nitrogen and oxygen atoms in total.